The van der Waals surface area contributed by atoms with E-state index in [1.165, 1.54) is 31.4 Å². The molecule has 4 nitrogen and oxygen atoms in total. The fraction of sp³-hybridized carbons (Fsp3) is 0.765. The lowest BCUT2D eigenvalue weighted by Gasteiger charge is -2.31. The molecule has 0 spiro atoms. The van der Waals surface area contributed by atoms with Crippen LogP contribution in [0, 0.1) is 24.7 Å². The number of carbonyl (C=O) groups excluding carboxylic acids is 1. The third kappa shape index (κ3) is 2.85. The van der Waals surface area contributed by atoms with Crippen molar-refractivity contribution in [3.63, 3.8) is 0 Å². The minimum atomic E-state index is 0.169. The van der Waals surface area contributed by atoms with Gasteiger partial charge in [-0.25, -0.2) is 4.98 Å². The van der Waals surface area contributed by atoms with Gasteiger partial charge in [-0.15, -0.1) is 0 Å². The molecule has 0 saturated heterocycles. The first-order chi connectivity index (χ1) is 10.2. The van der Waals surface area contributed by atoms with E-state index in [9.17, 15) is 4.79 Å². The Morgan fingerprint density at radius 1 is 1.24 bits per heavy atom. The molecule has 0 bridgehead atoms. The third-order valence-corrected chi connectivity index (χ3v) is 5.30. The van der Waals surface area contributed by atoms with E-state index in [1.807, 2.05) is 13.1 Å². The Kier molecular flexibility index (Phi) is 3.27. The first-order valence-electron chi connectivity index (χ1n) is 8.50. The van der Waals surface area contributed by atoms with Gasteiger partial charge in [-0.1, -0.05) is 0 Å². The summed E-state index contributed by atoms with van der Waals surface area (Å²) >= 11 is 0. The maximum atomic E-state index is 13.0. The lowest BCUT2D eigenvalue weighted by Crippen LogP contribution is -2.42. The second-order valence-corrected chi connectivity index (χ2v) is 7.27. The second-order valence-electron chi connectivity index (χ2n) is 7.27. The Morgan fingerprint density at radius 2 is 1.90 bits per heavy atom. The summed E-state index contributed by atoms with van der Waals surface area (Å²) in [5, 5.41) is 0. The zero-order valence-electron chi connectivity index (χ0n) is 12.9. The predicted octanol–water partition coefficient (Wildman–Crippen LogP) is 2.40. The van der Waals surface area contributed by atoms with Crippen LogP contribution in [0.3, 0.4) is 0 Å². The van der Waals surface area contributed by atoms with E-state index in [1.54, 1.807) is 0 Å². The molecule has 1 unspecified atom stereocenters. The van der Waals surface area contributed by atoms with E-state index < -0.39 is 0 Å². The zero-order chi connectivity index (χ0) is 14.4. The largest absolute Gasteiger partial charge is 0.342 e. The summed E-state index contributed by atoms with van der Waals surface area (Å²) in [7, 11) is 0. The molecule has 2 saturated carbocycles. The first-order valence-corrected chi connectivity index (χ1v) is 8.50. The normalized spacial score (nSPS) is 24.7. The van der Waals surface area contributed by atoms with Crippen LogP contribution < -0.4 is 0 Å². The summed E-state index contributed by atoms with van der Waals surface area (Å²) in [5.41, 5.74) is 1.30. The molecule has 21 heavy (non-hydrogen) atoms. The van der Waals surface area contributed by atoms with Gasteiger partial charge >= 0.3 is 0 Å². The molecule has 1 amide bonds. The van der Waals surface area contributed by atoms with Crippen LogP contribution in [0.1, 0.15) is 43.6 Å². The van der Waals surface area contributed by atoms with Crippen molar-refractivity contribution in [1.82, 2.24) is 14.5 Å². The smallest absolute Gasteiger partial charge is 0.227 e. The maximum absolute atomic E-state index is 13.0. The number of aryl methyl sites for hydroxylation is 2. The summed E-state index contributed by atoms with van der Waals surface area (Å²) in [6, 6.07) is 0. The number of carbonyl (C=O) groups is 1. The van der Waals surface area contributed by atoms with Gasteiger partial charge in [-0.2, -0.15) is 0 Å². The molecule has 1 atom stereocenters. The molecule has 2 aliphatic carbocycles. The molecule has 1 aliphatic heterocycles. The third-order valence-electron chi connectivity index (χ3n) is 5.30. The Labute approximate surface area is 126 Å². The van der Waals surface area contributed by atoms with Gasteiger partial charge in [0.25, 0.3) is 0 Å². The molecule has 3 aliphatic rings. The van der Waals surface area contributed by atoms with Crippen LogP contribution in [0.15, 0.2) is 6.20 Å². The molecule has 4 rings (SSSR count). The van der Waals surface area contributed by atoms with Crippen LogP contribution in [-0.2, 0) is 17.8 Å². The standard InChI is InChI=1S/C17H25N3O/c1-12-18-8-16-7-6-15(11-20(12)16)17(21)19(9-13-2-3-13)10-14-4-5-14/h8,13-15H,2-7,9-11H2,1H3. The van der Waals surface area contributed by atoms with E-state index in [0.717, 1.165) is 50.1 Å². The van der Waals surface area contributed by atoms with Crippen LogP contribution in [0.25, 0.3) is 0 Å². The van der Waals surface area contributed by atoms with Gasteiger partial charge in [0.2, 0.25) is 5.91 Å². The molecule has 114 valence electrons. The zero-order valence-corrected chi connectivity index (χ0v) is 12.9. The highest BCUT2D eigenvalue weighted by molar-refractivity contribution is 5.79. The monoisotopic (exact) mass is 287 g/mol. The van der Waals surface area contributed by atoms with E-state index in [-0.39, 0.29) is 5.92 Å². The Balaban J connectivity index is 1.45. The number of fused-ring (bicyclic) bond motifs is 1. The second kappa shape index (κ2) is 5.15. The fourth-order valence-corrected chi connectivity index (χ4v) is 3.54. The van der Waals surface area contributed by atoms with Crippen molar-refractivity contribution >= 4 is 5.91 Å². The Hall–Kier alpha value is -1.32. The molecule has 1 aromatic rings. The predicted molar refractivity (Wildman–Crippen MR) is 80.8 cm³/mol. The van der Waals surface area contributed by atoms with Crippen molar-refractivity contribution in [2.75, 3.05) is 13.1 Å². The quantitative estimate of drug-likeness (QED) is 0.834. The highest BCUT2D eigenvalue weighted by atomic mass is 16.2. The maximum Gasteiger partial charge on any atom is 0.227 e. The van der Waals surface area contributed by atoms with Crippen molar-refractivity contribution in [2.45, 2.75) is 52.0 Å². The van der Waals surface area contributed by atoms with Gasteiger partial charge in [0.05, 0.1) is 5.92 Å². The van der Waals surface area contributed by atoms with E-state index in [4.69, 9.17) is 0 Å². The number of imidazole rings is 1. The summed E-state index contributed by atoms with van der Waals surface area (Å²) in [6.07, 6.45) is 9.26. The SMILES string of the molecule is Cc1ncc2n1CC(C(=O)N(CC1CC1)CC1CC1)CC2. The average molecular weight is 287 g/mol. The Bertz CT molecular complexity index is 528. The van der Waals surface area contributed by atoms with Crippen LogP contribution in [0.2, 0.25) is 0 Å². The number of hydrogen-bond acceptors (Lipinski definition) is 2. The molecule has 1 aromatic heterocycles. The first kappa shape index (κ1) is 13.4. The molecule has 2 fully saturated rings. The number of nitrogens with zero attached hydrogens (tertiary/aromatic N) is 3. The minimum Gasteiger partial charge on any atom is -0.342 e. The molecule has 0 radical (unpaired) electrons. The van der Waals surface area contributed by atoms with Gasteiger partial charge < -0.3 is 9.47 Å². The van der Waals surface area contributed by atoms with Gasteiger partial charge in [0.15, 0.2) is 0 Å². The Morgan fingerprint density at radius 3 is 2.52 bits per heavy atom. The topological polar surface area (TPSA) is 38.1 Å². The van der Waals surface area contributed by atoms with Crippen LogP contribution in [0.5, 0.6) is 0 Å². The van der Waals surface area contributed by atoms with Crippen LogP contribution in [-0.4, -0.2) is 33.4 Å². The summed E-state index contributed by atoms with van der Waals surface area (Å²) in [6.45, 7) is 4.91. The lowest BCUT2D eigenvalue weighted by atomic mass is 9.96. The van der Waals surface area contributed by atoms with E-state index >= 15 is 0 Å². The van der Waals surface area contributed by atoms with E-state index in [2.05, 4.69) is 14.5 Å². The van der Waals surface area contributed by atoms with Crippen molar-refractivity contribution < 1.29 is 4.79 Å². The summed E-state index contributed by atoms with van der Waals surface area (Å²) in [4.78, 5) is 19.6. The fourth-order valence-electron chi connectivity index (χ4n) is 3.54. The van der Waals surface area contributed by atoms with Crippen molar-refractivity contribution in [1.29, 1.82) is 0 Å². The van der Waals surface area contributed by atoms with Gasteiger partial charge in [-0.05, 0) is 57.3 Å². The van der Waals surface area contributed by atoms with Crippen LogP contribution in [0.4, 0.5) is 0 Å². The summed E-state index contributed by atoms with van der Waals surface area (Å²) in [5.74, 6) is 3.22. The lowest BCUT2D eigenvalue weighted by molar-refractivity contribution is -0.137. The van der Waals surface area contributed by atoms with Crippen molar-refractivity contribution in [2.24, 2.45) is 17.8 Å². The molecule has 2 heterocycles. The molecule has 0 aromatic carbocycles. The number of hydrogen-bond donors (Lipinski definition) is 0. The molecule has 0 N–H and O–H groups in total. The number of amides is 1. The molecular weight excluding hydrogens is 262 g/mol. The van der Waals surface area contributed by atoms with Gasteiger partial charge in [0, 0.05) is 31.5 Å². The summed E-state index contributed by atoms with van der Waals surface area (Å²) < 4.78 is 2.25. The van der Waals surface area contributed by atoms with Gasteiger partial charge in [-0.3, -0.25) is 4.79 Å². The minimum absolute atomic E-state index is 0.169. The van der Waals surface area contributed by atoms with Crippen molar-refractivity contribution in [3.05, 3.63) is 17.7 Å². The number of aromatic nitrogens is 2. The highest BCUT2D eigenvalue weighted by Gasteiger charge is 2.35. The average Bonchev–Trinajstić information content (AvgIpc) is 3.40. The van der Waals surface area contributed by atoms with E-state index in [0.29, 0.717) is 5.91 Å². The molecule has 4 heteroatoms. The molecular formula is C17H25N3O. The number of rotatable bonds is 5. The van der Waals surface area contributed by atoms with Crippen LogP contribution >= 0.6 is 0 Å². The highest BCUT2D eigenvalue weighted by Crippen LogP contribution is 2.35. The van der Waals surface area contributed by atoms with Crippen molar-refractivity contribution in [3.8, 4) is 0 Å². The van der Waals surface area contributed by atoms with Gasteiger partial charge in [0.1, 0.15) is 5.82 Å².